The van der Waals surface area contributed by atoms with E-state index in [0.717, 1.165) is 44.0 Å². The van der Waals surface area contributed by atoms with Crippen LogP contribution in [0.25, 0.3) is 0 Å². The molecular weight excluding hydrogens is 302 g/mol. The molecule has 1 aromatic rings. The highest BCUT2D eigenvalue weighted by molar-refractivity contribution is 7.90. The van der Waals surface area contributed by atoms with E-state index < -0.39 is 10.0 Å². The first-order chi connectivity index (χ1) is 10.4. The molecule has 1 aliphatic heterocycles. The van der Waals surface area contributed by atoms with Crippen LogP contribution in [-0.2, 0) is 29.7 Å². The Bertz CT molecular complexity index is 636. The molecule has 0 unspecified atom stereocenters. The zero-order valence-electron chi connectivity index (χ0n) is 13.6. The fourth-order valence-electron chi connectivity index (χ4n) is 2.71. The molecule has 22 heavy (non-hydrogen) atoms. The summed E-state index contributed by atoms with van der Waals surface area (Å²) in [4.78, 5) is 2.21. The number of hydrogen-bond donors (Lipinski definition) is 0. The highest BCUT2D eigenvalue weighted by Gasteiger charge is 2.41. The van der Waals surface area contributed by atoms with E-state index >= 15 is 0 Å². The summed E-state index contributed by atoms with van der Waals surface area (Å²) in [5, 5.41) is 8.38. The first-order valence-electron chi connectivity index (χ1n) is 7.99. The van der Waals surface area contributed by atoms with Crippen LogP contribution in [-0.4, -0.2) is 57.3 Å². The lowest BCUT2D eigenvalue weighted by molar-refractivity contribution is 0.255. The second-order valence-corrected chi connectivity index (χ2v) is 8.84. The normalized spacial score (nSPS) is 20.4. The number of hydrogen-bond acceptors (Lipinski definition) is 5. The Morgan fingerprint density at radius 2 is 2.00 bits per heavy atom. The van der Waals surface area contributed by atoms with Crippen molar-refractivity contribution in [1.29, 1.82) is 0 Å². The van der Waals surface area contributed by atoms with Gasteiger partial charge in [0.25, 0.3) is 0 Å². The Hall–Kier alpha value is -0.990. The molecular formula is C14H25N5O2S. The van der Waals surface area contributed by atoms with E-state index in [2.05, 4.69) is 40.6 Å². The molecule has 7 nitrogen and oxygen atoms in total. The minimum atomic E-state index is -3.14. The highest BCUT2D eigenvalue weighted by atomic mass is 32.2. The average Bonchev–Trinajstić information content (AvgIpc) is 3.27. The van der Waals surface area contributed by atoms with Crippen LogP contribution in [0.1, 0.15) is 44.8 Å². The lowest BCUT2D eigenvalue weighted by Crippen LogP contribution is -2.33. The standard InChI is InChI=1S/C14H25N5O2S/c1-11(2)17(3)9-13-15-16-14-10-18(7-4-8-19(13)14)22(20,21)12-5-6-12/h11-12H,4-10H2,1-3H3. The van der Waals surface area contributed by atoms with Gasteiger partial charge in [-0.05, 0) is 40.2 Å². The van der Waals surface area contributed by atoms with Crippen LogP contribution < -0.4 is 0 Å². The van der Waals surface area contributed by atoms with Gasteiger partial charge in [0.2, 0.25) is 10.0 Å². The topological polar surface area (TPSA) is 71.3 Å². The van der Waals surface area contributed by atoms with Gasteiger partial charge in [0.15, 0.2) is 0 Å². The molecule has 0 spiro atoms. The Morgan fingerprint density at radius 1 is 1.27 bits per heavy atom. The first kappa shape index (κ1) is 15.9. The summed E-state index contributed by atoms with van der Waals surface area (Å²) in [7, 11) is -1.08. The van der Waals surface area contributed by atoms with E-state index in [1.54, 1.807) is 4.31 Å². The van der Waals surface area contributed by atoms with Crippen LogP contribution in [0, 0.1) is 0 Å². The first-order valence-corrected chi connectivity index (χ1v) is 9.50. The predicted molar refractivity (Wildman–Crippen MR) is 83.6 cm³/mol. The van der Waals surface area contributed by atoms with E-state index in [1.165, 1.54) is 0 Å². The zero-order valence-corrected chi connectivity index (χ0v) is 14.4. The predicted octanol–water partition coefficient (Wildman–Crippen LogP) is 0.816. The van der Waals surface area contributed by atoms with Crippen molar-refractivity contribution in [1.82, 2.24) is 24.0 Å². The molecule has 1 aliphatic carbocycles. The van der Waals surface area contributed by atoms with Crippen LogP contribution in [0.15, 0.2) is 0 Å². The molecule has 1 fully saturated rings. The number of rotatable bonds is 5. The Labute approximate surface area is 132 Å². The van der Waals surface area contributed by atoms with Crippen molar-refractivity contribution in [3.8, 4) is 0 Å². The van der Waals surface area contributed by atoms with E-state index in [4.69, 9.17) is 0 Å². The molecule has 0 amide bonds. The zero-order chi connectivity index (χ0) is 15.9. The summed E-state index contributed by atoms with van der Waals surface area (Å²) in [5.41, 5.74) is 0. The van der Waals surface area contributed by atoms with Crippen molar-refractivity contribution in [3.63, 3.8) is 0 Å². The van der Waals surface area contributed by atoms with Gasteiger partial charge in [0.1, 0.15) is 11.6 Å². The van der Waals surface area contributed by atoms with Crippen molar-refractivity contribution >= 4 is 10.0 Å². The Balaban J connectivity index is 1.79. The van der Waals surface area contributed by atoms with Crippen LogP contribution in [0.2, 0.25) is 0 Å². The third-order valence-corrected chi connectivity index (χ3v) is 6.93. The maximum Gasteiger partial charge on any atom is 0.217 e. The van der Waals surface area contributed by atoms with Crippen LogP contribution in [0.4, 0.5) is 0 Å². The van der Waals surface area contributed by atoms with Crippen LogP contribution in [0.3, 0.4) is 0 Å². The van der Waals surface area contributed by atoms with E-state index in [9.17, 15) is 8.42 Å². The Morgan fingerprint density at radius 3 is 2.64 bits per heavy atom. The summed E-state index contributed by atoms with van der Waals surface area (Å²) in [5.74, 6) is 1.70. The molecule has 2 aliphatic rings. The Kier molecular flexibility index (Phi) is 4.26. The molecule has 1 saturated carbocycles. The van der Waals surface area contributed by atoms with Gasteiger partial charge >= 0.3 is 0 Å². The largest absolute Gasteiger partial charge is 0.313 e. The van der Waals surface area contributed by atoms with Gasteiger partial charge < -0.3 is 4.57 Å². The molecule has 0 radical (unpaired) electrons. The minimum absolute atomic E-state index is 0.159. The quantitative estimate of drug-likeness (QED) is 0.800. The fraction of sp³-hybridized carbons (Fsp3) is 0.857. The molecule has 0 bridgehead atoms. The molecule has 3 rings (SSSR count). The van der Waals surface area contributed by atoms with Gasteiger partial charge in [-0.25, -0.2) is 8.42 Å². The molecule has 0 aromatic carbocycles. The van der Waals surface area contributed by atoms with E-state index in [1.807, 2.05) is 0 Å². The third kappa shape index (κ3) is 3.04. The maximum absolute atomic E-state index is 12.4. The van der Waals surface area contributed by atoms with Gasteiger partial charge in [0, 0.05) is 19.1 Å². The van der Waals surface area contributed by atoms with E-state index in [0.29, 0.717) is 19.1 Å². The molecule has 1 aromatic heterocycles. The second-order valence-electron chi connectivity index (χ2n) is 6.62. The van der Waals surface area contributed by atoms with Gasteiger partial charge in [-0.1, -0.05) is 0 Å². The van der Waals surface area contributed by atoms with Crippen LogP contribution >= 0.6 is 0 Å². The molecule has 2 heterocycles. The molecule has 0 atom stereocenters. The SMILES string of the molecule is CC(C)N(C)Cc1nnc2n1CCCN(S(=O)(=O)C1CC1)C2. The van der Waals surface area contributed by atoms with Gasteiger partial charge in [-0.2, -0.15) is 4.31 Å². The summed E-state index contributed by atoms with van der Waals surface area (Å²) in [6.07, 6.45) is 2.42. The number of sulfonamides is 1. The van der Waals surface area contributed by atoms with Gasteiger partial charge in [-0.3, -0.25) is 4.90 Å². The molecule has 0 saturated heterocycles. The van der Waals surface area contributed by atoms with Gasteiger partial charge in [-0.15, -0.1) is 10.2 Å². The molecule has 8 heteroatoms. The lowest BCUT2D eigenvalue weighted by atomic mass is 10.3. The van der Waals surface area contributed by atoms with Gasteiger partial charge in [0.05, 0.1) is 18.3 Å². The number of aromatic nitrogens is 3. The number of nitrogens with zero attached hydrogens (tertiary/aromatic N) is 5. The molecule has 0 N–H and O–H groups in total. The van der Waals surface area contributed by atoms with Crippen molar-refractivity contribution in [2.24, 2.45) is 0 Å². The van der Waals surface area contributed by atoms with E-state index in [-0.39, 0.29) is 5.25 Å². The lowest BCUT2D eigenvalue weighted by Gasteiger charge is -2.20. The highest BCUT2D eigenvalue weighted by Crippen LogP contribution is 2.32. The van der Waals surface area contributed by atoms with Crippen molar-refractivity contribution in [2.75, 3.05) is 13.6 Å². The van der Waals surface area contributed by atoms with Crippen molar-refractivity contribution < 1.29 is 8.42 Å². The van der Waals surface area contributed by atoms with Crippen LogP contribution in [0.5, 0.6) is 0 Å². The van der Waals surface area contributed by atoms with Crippen molar-refractivity contribution in [3.05, 3.63) is 11.6 Å². The fourth-order valence-corrected chi connectivity index (χ4v) is 4.54. The number of fused-ring (bicyclic) bond motifs is 1. The minimum Gasteiger partial charge on any atom is -0.313 e. The summed E-state index contributed by atoms with van der Waals surface area (Å²) >= 11 is 0. The monoisotopic (exact) mass is 327 g/mol. The second kappa shape index (κ2) is 5.90. The third-order valence-electron chi connectivity index (χ3n) is 4.59. The smallest absolute Gasteiger partial charge is 0.217 e. The molecule has 124 valence electrons. The maximum atomic E-state index is 12.4. The van der Waals surface area contributed by atoms with Crippen molar-refractivity contribution in [2.45, 2.75) is 64.0 Å². The summed E-state index contributed by atoms with van der Waals surface area (Å²) < 4.78 is 28.6. The average molecular weight is 327 g/mol. The summed E-state index contributed by atoms with van der Waals surface area (Å²) in [6, 6.07) is 0.436. The summed E-state index contributed by atoms with van der Waals surface area (Å²) in [6.45, 7) is 6.76.